The lowest BCUT2D eigenvalue weighted by Crippen LogP contribution is -2.62. The minimum atomic E-state index is -4.59. The molecule has 0 atom stereocenters. The quantitative estimate of drug-likeness (QED) is 0.842. The zero-order chi connectivity index (χ0) is 13.7. The molecule has 2 heterocycles. The topological polar surface area (TPSA) is 34.1 Å². The Balaban J connectivity index is 1.65. The maximum absolute atomic E-state index is 13.5. The summed E-state index contributed by atoms with van der Waals surface area (Å²) in [6, 6.07) is 0.418. The number of ether oxygens (including phenoxy) is 1. The van der Waals surface area contributed by atoms with Crippen molar-refractivity contribution >= 4 is 0 Å². The van der Waals surface area contributed by atoms with Gasteiger partial charge in [-0.25, -0.2) is 9.37 Å². The molecule has 1 aliphatic heterocycles. The summed E-state index contributed by atoms with van der Waals surface area (Å²) in [5, 5.41) is 3.15. The number of hydrogen-bond acceptors (Lipinski definition) is 3. The van der Waals surface area contributed by atoms with Gasteiger partial charge < -0.3 is 10.1 Å². The number of nitrogens with zero attached hydrogens (tertiary/aromatic N) is 1. The second-order valence-electron chi connectivity index (χ2n) is 5.26. The first-order chi connectivity index (χ1) is 8.88. The maximum atomic E-state index is 13.5. The van der Waals surface area contributed by atoms with Crippen LogP contribution in [-0.2, 0) is 6.18 Å². The minimum Gasteiger partial charge on any atom is -0.472 e. The van der Waals surface area contributed by atoms with Gasteiger partial charge in [-0.3, -0.25) is 0 Å². The van der Waals surface area contributed by atoms with E-state index in [0.29, 0.717) is 12.3 Å². The molecule has 2 fully saturated rings. The van der Waals surface area contributed by atoms with Crippen molar-refractivity contribution < 1.29 is 22.3 Å². The third-order valence-corrected chi connectivity index (χ3v) is 3.73. The van der Waals surface area contributed by atoms with Crippen LogP contribution in [0.25, 0.3) is 0 Å². The average Bonchev–Trinajstić information content (AvgIpc) is 2.20. The molecule has 1 spiro atoms. The van der Waals surface area contributed by atoms with E-state index in [1.807, 2.05) is 0 Å². The fourth-order valence-electron chi connectivity index (χ4n) is 2.58. The van der Waals surface area contributed by atoms with Gasteiger partial charge in [-0.2, -0.15) is 13.2 Å². The van der Waals surface area contributed by atoms with Gasteiger partial charge in [0.2, 0.25) is 0 Å². The van der Waals surface area contributed by atoms with Gasteiger partial charge in [0.05, 0.1) is 5.56 Å². The molecule has 2 aliphatic rings. The van der Waals surface area contributed by atoms with Crippen LogP contribution in [-0.4, -0.2) is 24.2 Å². The van der Waals surface area contributed by atoms with Gasteiger partial charge in [-0.1, -0.05) is 0 Å². The minimum absolute atomic E-state index is 0.152. The first kappa shape index (κ1) is 12.7. The van der Waals surface area contributed by atoms with Gasteiger partial charge >= 0.3 is 6.18 Å². The van der Waals surface area contributed by atoms with Crippen molar-refractivity contribution in [3.05, 3.63) is 23.6 Å². The molecule has 7 heteroatoms. The number of aromatic nitrogens is 1. The van der Waals surface area contributed by atoms with Crippen molar-refractivity contribution in [1.29, 1.82) is 0 Å². The molecular weight excluding hydrogens is 264 g/mol. The van der Waals surface area contributed by atoms with Crippen LogP contribution >= 0.6 is 0 Å². The Bertz CT molecular complexity index is 491. The Hall–Kier alpha value is -1.37. The fraction of sp³-hybridized carbons (Fsp3) is 0.583. The second kappa shape index (κ2) is 4.06. The molecule has 0 unspecified atom stereocenters. The fourth-order valence-corrected chi connectivity index (χ4v) is 2.58. The van der Waals surface area contributed by atoms with Crippen LogP contribution in [0.3, 0.4) is 0 Å². The lowest BCUT2D eigenvalue weighted by Gasteiger charge is -2.53. The Kier molecular flexibility index (Phi) is 2.70. The molecule has 1 saturated heterocycles. The number of pyridine rings is 1. The molecular formula is C12H12F4N2O. The van der Waals surface area contributed by atoms with Crippen LogP contribution in [0.2, 0.25) is 0 Å². The van der Waals surface area contributed by atoms with E-state index in [0.717, 1.165) is 25.9 Å². The Morgan fingerprint density at radius 3 is 2.47 bits per heavy atom. The van der Waals surface area contributed by atoms with E-state index in [9.17, 15) is 17.6 Å². The van der Waals surface area contributed by atoms with Crippen molar-refractivity contribution in [3.63, 3.8) is 0 Å². The normalized spacial score (nSPS) is 21.9. The predicted molar refractivity (Wildman–Crippen MR) is 58.1 cm³/mol. The van der Waals surface area contributed by atoms with E-state index < -0.39 is 17.6 Å². The highest BCUT2D eigenvalue weighted by atomic mass is 19.4. The summed E-state index contributed by atoms with van der Waals surface area (Å²) in [5.41, 5.74) is -0.849. The third-order valence-electron chi connectivity index (χ3n) is 3.73. The molecule has 1 aliphatic carbocycles. The second-order valence-corrected chi connectivity index (χ2v) is 5.26. The molecule has 1 N–H and O–H groups in total. The highest BCUT2D eigenvalue weighted by Crippen LogP contribution is 2.45. The number of nitrogens with one attached hydrogen (secondary N) is 1. The summed E-state index contributed by atoms with van der Waals surface area (Å²) < 4.78 is 55.8. The van der Waals surface area contributed by atoms with Crippen molar-refractivity contribution in [2.24, 2.45) is 5.41 Å². The summed E-state index contributed by atoms with van der Waals surface area (Å²) in [7, 11) is 0. The Labute approximate surface area is 107 Å². The summed E-state index contributed by atoms with van der Waals surface area (Å²) >= 11 is 0. The van der Waals surface area contributed by atoms with Crippen molar-refractivity contribution in [3.8, 4) is 5.88 Å². The lowest BCUT2D eigenvalue weighted by atomic mass is 9.63. The molecule has 104 valence electrons. The summed E-state index contributed by atoms with van der Waals surface area (Å²) in [6.07, 6.45) is -2.56. The molecule has 19 heavy (non-hydrogen) atoms. The monoisotopic (exact) mass is 276 g/mol. The van der Waals surface area contributed by atoms with E-state index in [2.05, 4.69) is 10.3 Å². The van der Waals surface area contributed by atoms with Crippen molar-refractivity contribution in [2.75, 3.05) is 13.1 Å². The molecule has 3 rings (SSSR count). The highest BCUT2D eigenvalue weighted by molar-refractivity contribution is 5.23. The van der Waals surface area contributed by atoms with E-state index in [-0.39, 0.29) is 17.4 Å². The van der Waals surface area contributed by atoms with Gasteiger partial charge in [0.15, 0.2) is 5.82 Å². The number of alkyl halides is 3. The van der Waals surface area contributed by atoms with E-state index in [4.69, 9.17) is 4.74 Å². The number of halogens is 4. The molecule has 1 aromatic rings. The zero-order valence-corrected chi connectivity index (χ0v) is 9.93. The van der Waals surface area contributed by atoms with E-state index in [1.165, 1.54) is 0 Å². The molecule has 3 nitrogen and oxygen atoms in total. The van der Waals surface area contributed by atoms with Gasteiger partial charge in [0.1, 0.15) is 6.10 Å². The SMILES string of the molecule is Fc1cc(C(F)(F)F)cnc1OC1CC2(CNC2)C1. The Morgan fingerprint density at radius 2 is 2.00 bits per heavy atom. The van der Waals surface area contributed by atoms with Crippen LogP contribution in [0, 0.1) is 11.2 Å². The van der Waals surface area contributed by atoms with Crippen LogP contribution in [0.4, 0.5) is 17.6 Å². The van der Waals surface area contributed by atoms with Gasteiger partial charge in [-0.15, -0.1) is 0 Å². The van der Waals surface area contributed by atoms with Crippen LogP contribution in [0.15, 0.2) is 12.3 Å². The van der Waals surface area contributed by atoms with Gasteiger partial charge in [-0.05, 0) is 18.9 Å². The molecule has 0 bridgehead atoms. The van der Waals surface area contributed by atoms with E-state index in [1.54, 1.807) is 0 Å². The lowest BCUT2D eigenvalue weighted by molar-refractivity contribution is -0.138. The summed E-state index contributed by atoms with van der Waals surface area (Å²) in [6.45, 7) is 1.85. The van der Waals surface area contributed by atoms with Crippen LogP contribution in [0.5, 0.6) is 5.88 Å². The number of hydrogen-bond donors (Lipinski definition) is 1. The first-order valence-electron chi connectivity index (χ1n) is 5.98. The van der Waals surface area contributed by atoms with Gasteiger partial charge in [0, 0.05) is 24.7 Å². The first-order valence-corrected chi connectivity index (χ1v) is 5.98. The molecule has 1 saturated carbocycles. The van der Waals surface area contributed by atoms with Gasteiger partial charge in [0.25, 0.3) is 5.88 Å². The number of rotatable bonds is 2. The summed E-state index contributed by atoms with van der Waals surface area (Å²) in [5.74, 6) is -1.41. The van der Waals surface area contributed by atoms with Crippen molar-refractivity contribution in [1.82, 2.24) is 10.3 Å². The molecule has 0 amide bonds. The third kappa shape index (κ3) is 2.27. The highest BCUT2D eigenvalue weighted by Gasteiger charge is 2.50. The van der Waals surface area contributed by atoms with E-state index >= 15 is 0 Å². The zero-order valence-electron chi connectivity index (χ0n) is 9.93. The molecule has 0 aromatic carbocycles. The van der Waals surface area contributed by atoms with Crippen molar-refractivity contribution in [2.45, 2.75) is 25.1 Å². The Morgan fingerprint density at radius 1 is 1.32 bits per heavy atom. The average molecular weight is 276 g/mol. The van der Waals surface area contributed by atoms with Crippen LogP contribution in [0.1, 0.15) is 18.4 Å². The maximum Gasteiger partial charge on any atom is 0.417 e. The smallest absolute Gasteiger partial charge is 0.417 e. The largest absolute Gasteiger partial charge is 0.472 e. The predicted octanol–water partition coefficient (Wildman–Crippen LogP) is 2.37. The molecule has 0 radical (unpaired) electrons. The molecule has 1 aromatic heterocycles. The standard InChI is InChI=1S/C12H12F4N2O/c13-9-1-7(12(14,15)16)4-18-10(9)19-8-2-11(3-8)5-17-6-11/h1,4,8,17H,2-3,5-6H2. The summed E-state index contributed by atoms with van der Waals surface area (Å²) in [4.78, 5) is 3.43. The van der Waals surface area contributed by atoms with Crippen LogP contribution < -0.4 is 10.1 Å².